The van der Waals surface area contributed by atoms with Crippen LogP contribution in [0.25, 0.3) is 11.5 Å². The van der Waals surface area contributed by atoms with E-state index >= 15 is 0 Å². The average molecular weight is 322 g/mol. The van der Waals surface area contributed by atoms with Crippen molar-refractivity contribution in [2.45, 2.75) is 25.9 Å². The Kier molecular flexibility index (Phi) is 5.01. The fourth-order valence-corrected chi connectivity index (χ4v) is 2.47. The van der Waals surface area contributed by atoms with Crippen LogP contribution in [0.4, 0.5) is 0 Å². The number of carbonyl (C=O) groups is 1. The van der Waals surface area contributed by atoms with Crippen molar-refractivity contribution in [3.8, 4) is 11.5 Å². The van der Waals surface area contributed by atoms with E-state index in [0.29, 0.717) is 12.3 Å². The summed E-state index contributed by atoms with van der Waals surface area (Å²) in [5.41, 5.74) is 1.78. The molecule has 3 aromatic rings. The summed E-state index contributed by atoms with van der Waals surface area (Å²) in [6.07, 6.45) is 0.669. The second-order valence-corrected chi connectivity index (χ2v) is 5.35. The van der Waals surface area contributed by atoms with Crippen LogP contribution < -0.4 is 0 Å². The molecule has 0 saturated carbocycles. The van der Waals surface area contributed by atoms with Crippen LogP contribution in [0.1, 0.15) is 30.7 Å². The lowest BCUT2D eigenvalue weighted by Gasteiger charge is -2.13. The van der Waals surface area contributed by atoms with Crippen LogP contribution in [0.3, 0.4) is 0 Å². The molecule has 0 N–H and O–H groups in total. The number of carbonyl (C=O) groups excluding carboxylic acids is 1. The van der Waals surface area contributed by atoms with Crippen molar-refractivity contribution in [1.29, 1.82) is 0 Å². The summed E-state index contributed by atoms with van der Waals surface area (Å²) in [4.78, 5) is 12.3. The van der Waals surface area contributed by atoms with E-state index in [4.69, 9.17) is 9.15 Å². The van der Waals surface area contributed by atoms with Crippen molar-refractivity contribution in [1.82, 2.24) is 10.2 Å². The number of benzene rings is 2. The summed E-state index contributed by atoms with van der Waals surface area (Å²) in [7, 11) is 0. The first kappa shape index (κ1) is 15.9. The highest BCUT2D eigenvalue weighted by atomic mass is 16.5. The Morgan fingerprint density at radius 2 is 1.71 bits per heavy atom. The smallest absolute Gasteiger partial charge is 0.313 e. The molecule has 1 aromatic heterocycles. The van der Waals surface area contributed by atoms with E-state index in [1.807, 2.05) is 67.6 Å². The van der Waals surface area contributed by atoms with Crippen LogP contribution in [0.15, 0.2) is 65.1 Å². The standard InChI is InChI=1S/C19H18N2O3/c1-2-16(14-9-5-3-6-10-14)19(22)23-13-17-20-21-18(24-17)15-11-7-4-8-12-15/h3-12,16H,2,13H2,1H3/t16-/m1/s1. The lowest BCUT2D eigenvalue weighted by molar-refractivity contribution is -0.147. The van der Waals surface area contributed by atoms with E-state index < -0.39 is 0 Å². The van der Waals surface area contributed by atoms with Crippen molar-refractivity contribution in [2.24, 2.45) is 0 Å². The Morgan fingerprint density at radius 3 is 2.38 bits per heavy atom. The van der Waals surface area contributed by atoms with Gasteiger partial charge in [0.2, 0.25) is 5.89 Å². The SMILES string of the molecule is CC[C@@H](C(=O)OCc1nnc(-c2ccccc2)o1)c1ccccc1. The molecule has 0 aliphatic carbocycles. The molecule has 122 valence electrons. The predicted octanol–water partition coefficient (Wildman–Crippen LogP) is 3.97. The van der Waals surface area contributed by atoms with Gasteiger partial charge in [-0.1, -0.05) is 55.5 Å². The Bertz CT molecular complexity index is 785. The highest BCUT2D eigenvalue weighted by Gasteiger charge is 2.21. The van der Waals surface area contributed by atoms with Gasteiger partial charge in [-0.25, -0.2) is 0 Å². The molecule has 0 saturated heterocycles. The number of hydrogen-bond acceptors (Lipinski definition) is 5. The molecule has 0 radical (unpaired) electrons. The van der Waals surface area contributed by atoms with E-state index in [2.05, 4.69) is 10.2 Å². The summed E-state index contributed by atoms with van der Waals surface area (Å²) >= 11 is 0. The molecule has 0 spiro atoms. The van der Waals surface area contributed by atoms with E-state index in [9.17, 15) is 4.79 Å². The molecule has 5 nitrogen and oxygen atoms in total. The van der Waals surface area contributed by atoms with Crippen molar-refractivity contribution in [3.63, 3.8) is 0 Å². The van der Waals surface area contributed by atoms with Gasteiger partial charge in [0.15, 0.2) is 6.61 Å². The van der Waals surface area contributed by atoms with Crippen LogP contribution in [0.2, 0.25) is 0 Å². The minimum Gasteiger partial charge on any atom is -0.455 e. The number of nitrogens with zero attached hydrogens (tertiary/aromatic N) is 2. The molecule has 5 heteroatoms. The lowest BCUT2D eigenvalue weighted by Crippen LogP contribution is -2.15. The first-order valence-corrected chi connectivity index (χ1v) is 7.87. The fourth-order valence-electron chi connectivity index (χ4n) is 2.47. The summed E-state index contributed by atoms with van der Waals surface area (Å²) in [5.74, 6) is 0.118. The first-order chi connectivity index (χ1) is 11.8. The fraction of sp³-hybridized carbons (Fsp3) is 0.211. The maximum Gasteiger partial charge on any atom is 0.313 e. The van der Waals surface area contributed by atoms with Crippen molar-refractivity contribution in [2.75, 3.05) is 0 Å². The molecule has 2 aromatic carbocycles. The quantitative estimate of drug-likeness (QED) is 0.642. The minimum absolute atomic E-state index is 0.0258. The second kappa shape index (κ2) is 7.55. The maximum absolute atomic E-state index is 12.3. The van der Waals surface area contributed by atoms with E-state index in [1.165, 1.54) is 0 Å². The van der Waals surface area contributed by atoms with Crippen LogP contribution in [-0.4, -0.2) is 16.2 Å². The molecule has 1 heterocycles. The van der Waals surface area contributed by atoms with Gasteiger partial charge in [-0.2, -0.15) is 0 Å². The molecule has 3 rings (SSSR count). The molecule has 0 unspecified atom stereocenters. The van der Waals surface area contributed by atoms with Crippen LogP contribution in [0, 0.1) is 0 Å². The molecule has 0 bridgehead atoms. The highest BCUT2D eigenvalue weighted by Crippen LogP contribution is 2.22. The van der Waals surface area contributed by atoms with Crippen LogP contribution >= 0.6 is 0 Å². The van der Waals surface area contributed by atoms with Gasteiger partial charge in [-0.3, -0.25) is 4.79 Å². The number of ether oxygens (including phenoxy) is 1. The summed E-state index contributed by atoms with van der Waals surface area (Å²) in [6.45, 7) is 1.93. The van der Waals surface area contributed by atoms with Gasteiger partial charge in [-0.15, -0.1) is 10.2 Å². The third-order valence-corrected chi connectivity index (χ3v) is 3.72. The normalized spacial score (nSPS) is 11.9. The van der Waals surface area contributed by atoms with Crippen LogP contribution in [-0.2, 0) is 16.1 Å². The van der Waals surface area contributed by atoms with Gasteiger partial charge in [0, 0.05) is 5.56 Å². The third-order valence-electron chi connectivity index (χ3n) is 3.72. The zero-order valence-electron chi connectivity index (χ0n) is 13.4. The molecule has 0 amide bonds. The van der Waals surface area contributed by atoms with Crippen molar-refractivity contribution < 1.29 is 13.9 Å². The Labute approximate surface area is 140 Å². The monoisotopic (exact) mass is 322 g/mol. The van der Waals surface area contributed by atoms with Gasteiger partial charge in [-0.05, 0) is 24.1 Å². The molecule has 0 fully saturated rings. The van der Waals surface area contributed by atoms with Gasteiger partial charge in [0.25, 0.3) is 5.89 Å². The Balaban J connectivity index is 1.63. The van der Waals surface area contributed by atoms with Crippen molar-refractivity contribution in [3.05, 3.63) is 72.1 Å². The van der Waals surface area contributed by atoms with E-state index in [0.717, 1.165) is 11.1 Å². The Morgan fingerprint density at radius 1 is 1.04 bits per heavy atom. The average Bonchev–Trinajstić information content (AvgIpc) is 3.11. The zero-order valence-corrected chi connectivity index (χ0v) is 13.4. The summed E-state index contributed by atoms with van der Waals surface area (Å²) in [6, 6.07) is 19.1. The lowest BCUT2D eigenvalue weighted by atomic mass is 9.97. The van der Waals surface area contributed by atoms with E-state index in [-0.39, 0.29) is 24.4 Å². The number of rotatable bonds is 6. The minimum atomic E-state index is -0.289. The molecular weight excluding hydrogens is 304 g/mol. The summed E-state index contributed by atoms with van der Waals surface area (Å²) < 4.78 is 10.9. The van der Waals surface area contributed by atoms with Gasteiger partial charge < -0.3 is 9.15 Å². The number of esters is 1. The predicted molar refractivity (Wildman–Crippen MR) is 89.0 cm³/mol. The first-order valence-electron chi connectivity index (χ1n) is 7.87. The highest BCUT2D eigenvalue weighted by molar-refractivity contribution is 5.78. The van der Waals surface area contributed by atoms with E-state index in [1.54, 1.807) is 0 Å². The van der Waals surface area contributed by atoms with Crippen molar-refractivity contribution >= 4 is 5.97 Å². The van der Waals surface area contributed by atoms with Gasteiger partial charge in [0.05, 0.1) is 5.92 Å². The zero-order chi connectivity index (χ0) is 16.8. The number of hydrogen-bond donors (Lipinski definition) is 0. The second-order valence-electron chi connectivity index (χ2n) is 5.35. The Hall–Kier alpha value is -2.95. The summed E-state index contributed by atoms with van der Waals surface area (Å²) in [5, 5.41) is 7.91. The van der Waals surface area contributed by atoms with Gasteiger partial charge >= 0.3 is 5.97 Å². The van der Waals surface area contributed by atoms with Gasteiger partial charge in [0.1, 0.15) is 0 Å². The molecule has 24 heavy (non-hydrogen) atoms. The molecule has 1 atom stereocenters. The topological polar surface area (TPSA) is 65.2 Å². The molecule has 0 aliphatic heterocycles. The molecule has 0 aliphatic rings. The maximum atomic E-state index is 12.3. The largest absolute Gasteiger partial charge is 0.455 e. The van der Waals surface area contributed by atoms with Crippen LogP contribution in [0.5, 0.6) is 0 Å². The molecular formula is C19H18N2O3. The third kappa shape index (κ3) is 3.68. The number of aromatic nitrogens is 2.